The fraction of sp³-hybridized carbons (Fsp3) is 0.500. The van der Waals surface area contributed by atoms with E-state index in [0.717, 1.165) is 5.75 Å². The molecule has 0 heterocycles. The molecule has 4 heteroatoms. The molecule has 0 amide bonds. The number of ether oxygens (including phenoxy) is 3. The lowest BCUT2D eigenvalue weighted by atomic mass is 10.3. The normalized spacial score (nSPS) is 10.1. The minimum absolute atomic E-state index is 0.517. The summed E-state index contributed by atoms with van der Waals surface area (Å²) in [6, 6.07) is 5.37. The Morgan fingerprint density at radius 1 is 0.938 bits per heavy atom. The summed E-state index contributed by atoms with van der Waals surface area (Å²) >= 11 is 0. The van der Waals surface area contributed by atoms with Gasteiger partial charge in [0.05, 0.1) is 13.2 Å². The van der Waals surface area contributed by atoms with Crippen molar-refractivity contribution >= 4 is 5.69 Å². The highest BCUT2D eigenvalue weighted by atomic mass is 16.5. The second-order valence-corrected chi connectivity index (χ2v) is 3.22. The van der Waals surface area contributed by atoms with Gasteiger partial charge in [0.2, 0.25) is 0 Å². The summed E-state index contributed by atoms with van der Waals surface area (Å²) < 4.78 is 16.0. The Morgan fingerprint density at radius 2 is 1.62 bits per heavy atom. The molecule has 0 spiro atoms. The van der Waals surface area contributed by atoms with Crippen molar-refractivity contribution in [1.29, 1.82) is 0 Å². The monoisotopic (exact) mass is 225 g/mol. The first-order chi connectivity index (χ1) is 7.76. The molecule has 0 aliphatic carbocycles. The summed E-state index contributed by atoms with van der Waals surface area (Å²) in [7, 11) is 0. The lowest BCUT2D eigenvalue weighted by Gasteiger charge is -2.09. The molecule has 0 atom stereocenters. The Labute approximate surface area is 96.3 Å². The van der Waals surface area contributed by atoms with E-state index in [0.29, 0.717) is 37.9 Å². The summed E-state index contributed by atoms with van der Waals surface area (Å²) in [5, 5.41) is 0. The van der Waals surface area contributed by atoms with Gasteiger partial charge in [-0.2, -0.15) is 0 Å². The van der Waals surface area contributed by atoms with E-state index in [4.69, 9.17) is 19.9 Å². The van der Waals surface area contributed by atoms with Gasteiger partial charge < -0.3 is 19.9 Å². The van der Waals surface area contributed by atoms with Gasteiger partial charge in [-0.15, -0.1) is 0 Å². The number of hydrogen-bond acceptors (Lipinski definition) is 4. The van der Waals surface area contributed by atoms with Crippen LogP contribution in [0.15, 0.2) is 18.2 Å². The first-order valence-electron chi connectivity index (χ1n) is 5.50. The number of nitrogen functional groups attached to an aromatic ring is 1. The molecule has 1 aromatic rings. The van der Waals surface area contributed by atoms with E-state index in [1.165, 1.54) is 0 Å². The molecule has 0 bridgehead atoms. The molecule has 1 rings (SSSR count). The van der Waals surface area contributed by atoms with E-state index in [9.17, 15) is 0 Å². The first-order valence-corrected chi connectivity index (χ1v) is 5.50. The van der Waals surface area contributed by atoms with Gasteiger partial charge in [-0.25, -0.2) is 0 Å². The molecule has 2 N–H and O–H groups in total. The van der Waals surface area contributed by atoms with Crippen LogP contribution in [0, 0.1) is 0 Å². The molecule has 0 saturated heterocycles. The quantitative estimate of drug-likeness (QED) is 0.570. The third-order valence-electron chi connectivity index (χ3n) is 1.91. The minimum atomic E-state index is 0.517. The van der Waals surface area contributed by atoms with Crippen LogP contribution in [0.25, 0.3) is 0 Å². The molecule has 0 unspecified atom stereocenters. The van der Waals surface area contributed by atoms with Gasteiger partial charge >= 0.3 is 0 Å². The van der Waals surface area contributed by atoms with Crippen molar-refractivity contribution in [2.24, 2.45) is 0 Å². The van der Waals surface area contributed by atoms with Crippen molar-refractivity contribution < 1.29 is 14.2 Å². The predicted molar refractivity (Wildman–Crippen MR) is 64.0 cm³/mol. The Hall–Kier alpha value is -1.42. The van der Waals surface area contributed by atoms with Gasteiger partial charge in [0, 0.05) is 30.5 Å². The maximum atomic E-state index is 5.73. The van der Waals surface area contributed by atoms with Gasteiger partial charge in [0.1, 0.15) is 18.1 Å². The van der Waals surface area contributed by atoms with Crippen LogP contribution in [0.3, 0.4) is 0 Å². The van der Waals surface area contributed by atoms with Crippen molar-refractivity contribution in [2.75, 3.05) is 32.2 Å². The zero-order valence-electron chi connectivity index (χ0n) is 9.86. The van der Waals surface area contributed by atoms with E-state index < -0.39 is 0 Å². The third kappa shape index (κ3) is 4.40. The summed E-state index contributed by atoms with van der Waals surface area (Å²) in [6.07, 6.45) is 0. The van der Waals surface area contributed by atoms with E-state index >= 15 is 0 Å². The average molecular weight is 225 g/mol. The van der Waals surface area contributed by atoms with Crippen LogP contribution in [0.2, 0.25) is 0 Å². The zero-order chi connectivity index (χ0) is 11.8. The van der Waals surface area contributed by atoms with Crippen LogP contribution in [0.1, 0.15) is 13.8 Å². The highest BCUT2D eigenvalue weighted by Crippen LogP contribution is 2.24. The van der Waals surface area contributed by atoms with Crippen molar-refractivity contribution in [3.05, 3.63) is 18.2 Å². The van der Waals surface area contributed by atoms with Gasteiger partial charge in [-0.3, -0.25) is 0 Å². The van der Waals surface area contributed by atoms with E-state index in [2.05, 4.69) is 0 Å². The van der Waals surface area contributed by atoms with Crippen LogP contribution in [-0.4, -0.2) is 26.4 Å². The van der Waals surface area contributed by atoms with Crippen LogP contribution < -0.4 is 15.2 Å². The van der Waals surface area contributed by atoms with E-state index in [-0.39, 0.29) is 0 Å². The van der Waals surface area contributed by atoms with Gasteiger partial charge in [-0.1, -0.05) is 0 Å². The van der Waals surface area contributed by atoms with Crippen molar-refractivity contribution in [2.45, 2.75) is 13.8 Å². The van der Waals surface area contributed by atoms with Crippen LogP contribution in [-0.2, 0) is 4.74 Å². The second kappa shape index (κ2) is 6.95. The highest BCUT2D eigenvalue weighted by molar-refractivity contribution is 5.50. The van der Waals surface area contributed by atoms with Gasteiger partial charge in [-0.05, 0) is 13.8 Å². The summed E-state index contributed by atoms with van der Waals surface area (Å²) in [4.78, 5) is 0. The molecular weight excluding hydrogens is 206 g/mol. The van der Waals surface area contributed by atoms with Crippen LogP contribution in [0.5, 0.6) is 11.5 Å². The minimum Gasteiger partial charge on any atom is -0.494 e. The van der Waals surface area contributed by atoms with E-state index in [1.54, 1.807) is 12.1 Å². The fourth-order valence-corrected chi connectivity index (χ4v) is 1.29. The molecular formula is C12H19NO3. The van der Waals surface area contributed by atoms with Crippen molar-refractivity contribution in [3.8, 4) is 11.5 Å². The summed E-state index contributed by atoms with van der Waals surface area (Å²) in [6.45, 7) is 6.29. The third-order valence-corrected chi connectivity index (χ3v) is 1.91. The van der Waals surface area contributed by atoms with E-state index in [1.807, 2.05) is 19.9 Å². The number of anilines is 1. The Balaban J connectivity index is 2.51. The molecule has 1 aromatic carbocycles. The predicted octanol–water partition coefficient (Wildman–Crippen LogP) is 2.08. The lowest BCUT2D eigenvalue weighted by molar-refractivity contribution is 0.110. The van der Waals surface area contributed by atoms with Crippen molar-refractivity contribution in [3.63, 3.8) is 0 Å². The number of nitrogens with two attached hydrogens (primary N) is 1. The maximum Gasteiger partial charge on any atom is 0.125 e. The number of hydrogen-bond donors (Lipinski definition) is 1. The van der Waals surface area contributed by atoms with Gasteiger partial charge in [0.25, 0.3) is 0 Å². The standard InChI is InChI=1S/C12H19NO3/c1-3-14-5-6-16-12-8-10(13)7-11(9-12)15-4-2/h7-9H,3-6,13H2,1-2H3. The molecule has 0 aliphatic rings. The Morgan fingerprint density at radius 3 is 2.25 bits per heavy atom. The summed E-state index contributed by atoms with van der Waals surface area (Å²) in [5.74, 6) is 1.44. The lowest BCUT2D eigenvalue weighted by Crippen LogP contribution is -2.06. The van der Waals surface area contributed by atoms with Crippen LogP contribution in [0.4, 0.5) is 5.69 Å². The first kappa shape index (κ1) is 12.6. The Bertz CT molecular complexity index is 315. The number of benzene rings is 1. The maximum absolute atomic E-state index is 5.73. The topological polar surface area (TPSA) is 53.7 Å². The summed E-state index contributed by atoms with van der Waals surface area (Å²) in [5.41, 5.74) is 6.37. The molecule has 0 radical (unpaired) electrons. The fourth-order valence-electron chi connectivity index (χ4n) is 1.29. The molecule has 16 heavy (non-hydrogen) atoms. The molecule has 0 aromatic heterocycles. The molecule has 0 saturated carbocycles. The molecule has 90 valence electrons. The van der Waals surface area contributed by atoms with Crippen molar-refractivity contribution in [1.82, 2.24) is 0 Å². The molecule has 0 aliphatic heterocycles. The SMILES string of the molecule is CCOCCOc1cc(N)cc(OCC)c1. The van der Waals surface area contributed by atoms with Gasteiger partial charge in [0.15, 0.2) is 0 Å². The number of rotatable bonds is 7. The largest absolute Gasteiger partial charge is 0.494 e. The smallest absolute Gasteiger partial charge is 0.125 e. The molecule has 4 nitrogen and oxygen atoms in total. The highest BCUT2D eigenvalue weighted by Gasteiger charge is 2.00. The Kier molecular flexibility index (Phi) is 5.50. The second-order valence-electron chi connectivity index (χ2n) is 3.22. The zero-order valence-corrected chi connectivity index (χ0v) is 9.86. The average Bonchev–Trinajstić information content (AvgIpc) is 2.24. The molecule has 0 fully saturated rings. The van der Waals surface area contributed by atoms with Crippen LogP contribution >= 0.6 is 0 Å².